The number of hydrogen-bond donors (Lipinski definition) is 2. The van der Waals surface area contributed by atoms with Crippen LogP contribution in [0.1, 0.15) is 13.3 Å². The van der Waals surface area contributed by atoms with Crippen molar-refractivity contribution in [1.29, 1.82) is 0 Å². The molecule has 0 saturated carbocycles. The number of carbonyl (C=O) groups is 1. The van der Waals surface area contributed by atoms with E-state index in [-0.39, 0.29) is 5.91 Å². The maximum absolute atomic E-state index is 10.7. The molecular formula is C8H18N2O2. The highest BCUT2D eigenvalue weighted by atomic mass is 16.5. The van der Waals surface area contributed by atoms with Gasteiger partial charge in [0, 0.05) is 19.5 Å². The fourth-order valence-corrected chi connectivity index (χ4v) is 0.664. The van der Waals surface area contributed by atoms with Gasteiger partial charge in [-0.1, -0.05) is 6.92 Å². The Hall–Kier alpha value is -0.610. The van der Waals surface area contributed by atoms with E-state index in [1.807, 2.05) is 14.0 Å². The Kier molecular flexibility index (Phi) is 8.05. The van der Waals surface area contributed by atoms with Gasteiger partial charge in [0.15, 0.2) is 0 Å². The minimum atomic E-state index is 0.0761. The average molecular weight is 174 g/mol. The van der Waals surface area contributed by atoms with Crippen molar-refractivity contribution in [2.24, 2.45) is 0 Å². The first-order valence-electron chi connectivity index (χ1n) is 4.30. The number of amides is 1. The lowest BCUT2D eigenvalue weighted by Crippen LogP contribution is -2.27. The molecule has 0 aliphatic heterocycles. The van der Waals surface area contributed by atoms with E-state index in [1.54, 1.807) is 0 Å². The Morgan fingerprint density at radius 2 is 2.00 bits per heavy atom. The smallest absolute Gasteiger partial charge is 0.219 e. The van der Waals surface area contributed by atoms with Gasteiger partial charge < -0.3 is 15.4 Å². The molecule has 72 valence electrons. The van der Waals surface area contributed by atoms with E-state index in [0.29, 0.717) is 26.2 Å². The number of carbonyl (C=O) groups excluding carboxylic acids is 1. The normalized spacial score (nSPS) is 9.83. The summed E-state index contributed by atoms with van der Waals surface area (Å²) >= 11 is 0. The van der Waals surface area contributed by atoms with Crippen molar-refractivity contribution >= 4 is 5.91 Å². The Morgan fingerprint density at radius 1 is 1.33 bits per heavy atom. The summed E-state index contributed by atoms with van der Waals surface area (Å²) in [6, 6.07) is 0. The Morgan fingerprint density at radius 3 is 2.58 bits per heavy atom. The van der Waals surface area contributed by atoms with Crippen molar-refractivity contribution in [2.75, 3.05) is 33.4 Å². The van der Waals surface area contributed by atoms with Gasteiger partial charge in [0.1, 0.15) is 0 Å². The Labute approximate surface area is 73.7 Å². The molecule has 0 aromatic carbocycles. The highest BCUT2D eigenvalue weighted by Gasteiger charge is 1.93. The third-order valence-corrected chi connectivity index (χ3v) is 1.39. The average Bonchev–Trinajstić information content (AvgIpc) is 2.10. The molecule has 2 N–H and O–H groups in total. The lowest BCUT2D eigenvalue weighted by Gasteiger charge is -2.04. The van der Waals surface area contributed by atoms with Gasteiger partial charge in [0.2, 0.25) is 5.91 Å². The predicted octanol–water partition coefficient (Wildman–Crippen LogP) is -0.251. The highest BCUT2D eigenvalue weighted by molar-refractivity contribution is 5.75. The first kappa shape index (κ1) is 11.4. The van der Waals surface area contributed by atoms with E-state index < -0.39 is 0 Å². The van der Waals surface area contributed by atoms with Crippen LogP contribution >= 0.6 is 0 Å². The van der Waals surface area contributed by atoms with Crippen molar-refractivity contribution in [1.82, 2.24) is 10.6 Å². The zero-order valence-electron chi connectivity index (χ0n) is 7.85. The van der Waals surface area contributed by atoms with Crippen LogP contribution in [0.4, 0.5) is 0 Å². The van der Waals surface area contributed by atoms with E-state index >= 15 is 0 Å². The van der Waals surface area contributed by atoms with Gasteiger partial charge in [-0.25, -0.2) is 0 Å². The fraction of sp³-hybridized carbons (Fsp3) is 0.875. The lowest BCUT2D eigenvalue weighted by atomic mass is 10.4. The third-order valence-electron chi connectivity index (χ3n) is 1.39. The van der Waals surface area contributed by atoms with Crippen molar-refractivity contribution in [2.45, 2.75) is 13.3 Å². The number of ether oxygens (including phenoxy) is 1. The van der Waals surface area contributed by atoms with E-state index in [1.165, 1.54) is 0 Å². The number of rotatable bonds is 7. The third kappa shape index (κ3) is 7.50. The van der Waals surface area contributed by atoms with Crippen LogP contribution in [0.15, 0.2) is 0 Å². The molecule has 0 fully saturated rings. The van der Waals surface area contributed by atoms with Crippen LogP contribution < -0.4 is 10.6 Å². The molecule has 0 radical (unpaired) electrons. The van der Waals surface area contributed by atoms with E-state index in [9.17, 15) is 4.79 Å². The second-order valence-electron chi connectivity index (χ2n) is 2.42. The summed E-state index contributed by atoms with van der Waals surface area (Å²) in [7, 11) is 1.88. The second kappa shape index (κ2) is 8.49. The first-order chi connectivity index (χ1) is 5.81. The topological polar surface area (TPSA) is 50.4 Å². The van der Waals surface area contributed by atoms with Crippen molar-refractivity contribution < 1.29 is 9.53 Å². The van der Waals surface area contributed by atoms with Gasteiger partial charge in [0.05, 0.1) is 13.2 Å². The summed E-state index contributed by atoms with van der Waals surface area (Å²) in [4.78, 5) is 10.7. The molecule has 0 atom stereocenters. The molecular weight excluding hydrogens is 156 g/mol. The molecule has 0 aromatic heterocycles. The standard InChI is InChI=1S/C8H18N2O2/c1-3-8(11)10-5-7-12-6-4-9-2/h9H,3-7H2,1-2H3,(H,10,11). The monoisotopic (exact) mass is 174 g/mol. The number of likely N-dealkylation sites (N-methyl/N-ethyl adjacent to an activating group) is 1. The fourth-order valence-electron chi connectivity index (χ4n) is 0.664. The van der Waals surface area contributed by atoms with Crippen LogP contribution in [0.5, 0.6) is 0 Å². The van der Waals surface area contributed by atoms with Gasteiger partial charge >= 0.3 is 0 Å². The maximum atomic E-state index is 10.7. The summed E-state index contributed by atoms with van der Waals surface area (Å²) in [6.07, 6.45) is 0.538. The van der Waals surface area contributed by atoms with E-state index in [2.05, 4.69) is 10.6 Å². The Bertz CT molecular complexity index is 118. The van der Waals surface area contributed by atoms with Gasteiger partial charge in [0.25, 0.3) is 0 Å². The van der Waals surface area contributed by atoms with Gasteiger partial charge in [-0.15, -0.1) is 0 Å². The highest BCUT2D eigenvalue weighted by Crippen LogP contribution is 1.75. The van der Waals surface area contributed by atoms with Crippen molar-refractivity contribution in [3.05, 3.63) is 0 Å². The van der Waals surface area contributed by atoms with Crippen molar-refractivity contribution in [3.8, 4) is 0 Å². The lowest BCUT2D eigenvalue weighted by molar-refractivity contribution is -0.121. The summed E-state index contributed by atoms with van der Waals surface area (Å²) in [6.45, 7) is 4.57. The number of hydrogen-bond acceptors (Lipinski definition) is 3. The largest absolute Gasteiger partial charge is 0.378 e. The van der Waals surface area contributed by atoms with Crippen LogP contribution in [0.2, 0.25) is 0 Å². The minimum Gasteiger partial charge on any atom is -0.378 e. The van der Waals surface area contributed by atoms with Crippen LogP contribution in [0, 0.1) is 0 Å². The molecule has 0 aromatic rings. The molecule has 0 bridgehead atoms. The summed E-state index contributed by atoms with van der Waals surface area (Å²) in [5, 5.41) is 5.69. The number of nitrogens with one attached hydrogen (secondary N) is 2. The molecule has 1 amide bonds. The summed E-state index contributed by atoms with van der Waals surface area (Å²) in [5.74, 6) is 0.0761. The molecule has 4 nitrogen and oxygen atoms in total. The van der Waals surface area contributed by atoms with Crippen LogP contribution in [-0.2, 0) is 9.53 Å². The molecule has 0 spiro atoms. The molecule has 4 heteroatoms. The molecule has 0 aliphatic carbocycles. The zero-order valence-corrected chi connectivity index (χ0v) is 7.85. The SMILES string of the molecule is CCC(=O)NCCOCCNC. The van der Waals surface area contributed by atoms with Crippen LogP contribution in [0.25, 0.3) is 0 Å². The maximum Gasteiger partial charge on any atom is 0.219 e. The van der Waals surface area contributed by atoms with Crippen LogP contribution in [-0.4, -0.2) is 39.3 Å². The summed E-state index contributed by atoms with van der Waals surface area (Å²) < 4.78 is 5.19. The molecule has 0 rings (SSSR count). The molecule has 0 aliphatic rings. The van der Waals surface area contributed by atoms with E-state index in [0.717, 1.165) is 6.54 Å². The summed E-state index contributed by atoms with van der Waals surface area (Å²) in [5.41, 5.74) is 0. The quantitative estimate of drug-likeness (QED) is 0.523. The second-order valence-corrected chi connectivity index (χ2v) is 2.42. The van der Waals surface area contributed by atoms with Crippen molar-refractivity contribution in [3.63, 3.8) is 0 Å². The van der Waals surface area contributed by atoms with Gasteiger partial charge in [-0.3, -0.25) is 4.79 Å². The van der Waals surface area contributed by atoms with Gasteiger partial charge in [-0.2, -0.15) is 0 Å². The molecule has 12 heavy (non-hydrogen) atoms. The zero-order chi connectivity index (χ0) is 9.23. The van der Waals surface area contributed by atoms with E-state index in [4.69, 9.17) is 4.74 Å². The molecule has 0 unspecified atom stereocenters. The predicted molar refractivity (Wildman–Crippen MR) is 48.0 cm³/mol. The minimum absolute atomic E-state index is 0.0761. The Balaban J connectivity index is 2.95. The molecule has 0 saturated heterocycles. The first-order valence-corrected chi connectivity index (χ1v) is 4.30. The van der Waals surface area contributed by atoms with Crippen LogP contribution in [0.3, 0.4) is 0 Å². The van der Waals surface area contributed by atoms with Gasteiger partial charge in [-0.05, 0) is 7.05 Å². The molecule has 0 heterocycles.